The number of halogens is 2. The van der Waals surface area contributed by atoms with Crippen molar-refractivity contribution in [3.05, 3.63) is 29.8 Å². The maximum Gasteiger partial charge on any atom is 0.387 e. The van der Waals surface area contributed by atoms with Gasteiger partial charge in [-0.2, -0.15) is 8.78 Å². The Morgan fingerprint density at radius 3 is 2.94 bits per heavy atom. The van der Waals surface area contributed by atoms with E-state index >= 15 is 0 Å². The average molecular weight is 257 g/mol. The quantitative estimate of drug-likeness (QED) is 0.899. The fourth-order valence-corrected chi connectivity index (χ4v) is 1.99. The van der Waals surface area contributed by atoms with E-state index in [0.717, 1.165) is 12.0 Å². The Balaban J connectivity index is 2.00. The zero-order valence-corrected chi connectivity index (χ0v) is 10.2. The van der Waals surface area contributed by atoms with Crippen LogP contribution in [0.2, 0.25) is 0 Å². The van der Waals surface area contributed by atoms with Gasteiger partial charge in [-0.3, -0.25) is 0 Å². The largest absolute Gasteiger partial charge is 0.435 e. The number of hydrogen-bond donors (Lipinski definition) is 1. The lowest BCUT2D eigenvalue weighted by atomic mass is 10.1. The molecule has 0 saturated carbocycles. The summed E-state index contributed by atoms with van der Waals surface area (Å²) in [4.78, 5) is 0. The second kappa shape index (κ2) is 6.11. The Kier molecular flexibility index (Phi) is 4.49. The van der Waals surface area contributed by atoms with Crippen molar-refractivity contribution in [2.24, 2.45) is 0 Å². The van der Waals surface area contributed by atoms with E-state index in [1.54, 1.807) is 12.1 Å². The van der Waals surface area contributed by atoms with E-state index in [0.29, 0.717) is 19.2 Å². The molecule has 1 saturated heterocycles. The van der Waals surface area contributed by atoms with Gasteiger partial charge < -0.3 is 14.8 Å². The van der Waals surface area contributed by atoms with Crippen LogP contribution in [0.3, 0.4) is 0 Å². The summed E-state index contributed by atoms with van der Waals surface area (Å²) in [6.07, 6.45) is 0.912. The lowest BCUT2D eigenvalue weighted by Gasteiger charge is -2.30. The van der Waals surface area contributed by atoms with Crippen LogP contribution < -0.4 is 10.1 Å². The first-order chi connectivity index (χ1) is 8.69. The number of alkyl halides is 2. The van der Waals surface area contributed by atoms with Gasteiger partial charge in [0.15, 0.2) is 0 Å². The molecule has 2 atom stereocenters. The molecule has 1 fully saturated rings. The Morgan fingerprint density at radius 2 is 2.33 bits per heavy atom. The molecule has 1 aliphatic rings. The predicted molar refractivity (Wildman–Crippen MR) is 63.8 cm³/mol. The zero-order valence-electron chi connectivity index (χ0n) is 10.2. The van der Waals surface area contributed by atoms with E-state index in [1.165, 1.54) is 6.07 Å². The summed E-state index contributed by atoms with van der Waals surface area (Å²) in [7, 11) is 0. The summed E-state index contributed by atoms with van der Waals surface area (Å²) in [5.41, 5.74) is 0.857. The minimum Gasteiger partial charge on any atom is -0.435 e. The van der Waals surface area contributed by atoms with Crippen LogP contribution in [-0.2, 0) is 4.74 Å². The second-order valence-corrected chi connectivity index (χ2v) is 4.29. The maximum atomic E-state index is 12.1. The summed E-state index contributed by atoms with van der Waals surface area (Å²) < 4.78 is 34.4. The SMILES string of the molecule is CCC1COC(c2cccc(OC(F)F)c2)CN1. The standard InChI is InChI=1S/C13H17F2NO2/c1-2-10-8-17-12(7-16-10)9-4-3-5-11(6-9)18-13(14)15/h3-6,10,12-13,16H,2,7-8H2,1H3. The topological polar surface area (TPSA) is 30.5 Å². The molecular formula is C13H17F2NO2. The van der Waals surface area contributed by atoms with E-state index < -0.39 is 6.61 Å². The highest BCUT2D eigenvalue weighted by atomic mass is 19.3. The third-order valence-corrected chi connectivity index (χ3v) is 3.04. The van der Waals surface area contributed by atoms with Crippen molar-refractivity contribution in [3.8, 4) is 5.75 Å². The van der Waals surface area contributed by atoms with Crippen LogP contribution >= 0.6 is 0 Å². The van der Waals surface area contributed by atoms with Crippen molar-refractivity contribution in [1.29, 1.82) is 0 Å². The van der Waals surface area contributed by atoms with Crippen molar-refractivity contribution in [2.45, 2.75) is 32.1 Å². The third kappa shape index (κ3) is 3.40. The predicted octanol–water partition coefficient (Wildman–Crippen LogP) is 2.73. The molecule has 1 heterocycles. The first-order valence-electron chi connectivity index (χ1n) is 6.08. The molecule has 18 heavy (non-hydrogen) atoms. The lowest BCUT2D eigenvalue weighted by molar-refractivity contribution is -0.0502. The molecule has 3 nitrogen and oxygen atoms in total. The van der Waals surface area contributed by atoms with Gasteiger partial charge in [-0.05, 0) is 24.1 Å². The Hall–Kier alpha value is -1.20. The number of benzene rings is 1. The highest BCUT2D eigenvalue weighted by Crippen LogP contribution is 2.25. The molecule has 1 aliphatic heterocycles. The van der Waals surface area contributed by atoms with Crippen LogP contribution in [-0.4, -0.2) is 25.8 Å². The first-order valence-corrected chi connectivity index (χ1v) is 6.08. The first kappa shape index (κ1) is 13.2. The molecule has 2 rings (SSSR count). The molecule has 1 aromatic rings. The summed E-state index contributed by atoms with van der Waals surface area (Å²) in [6.45, 7) is 0.631. The molecule has 0 amide bonds. The molecule has 0 bridgehead atoms. The number of nitrogens with one attached hydrogen (secondary N) is 1. The maximum absolute atomic E-state index is 12.1. The molecule has 1 N–H and O–H groups in total. The van der Waals surface area contributed by atoms with Crippen LogP contribution in [0.25, 0.3) is 0 Å². The number of hydrogen-bond acceptors (Lipinski definition) is 3. The summed E-state index contributed by atoms with van der Waals surface area (Å²) in [5, 5.41) is 3.36. The van der Waals surface area contributed by atoms with E-state index in [2.05, 4.69) is 17.0 Å². The highest BCUT2D eigenvalue weighted by Gasteiger charge is 2.21. The molecule has 0 spiro atoms. The Morgan fingerprint density at radius 1 is 1.50 bits per heavy atom. The van der Waals surface area contributed by atoms with Crippen LogP contribution in [0.5, 0.6) is 5.75 Å². The molecule has 1 aromatic carbocycles. The van der Waals surface area contributed by atoms with Crippen molar-refractivity contribution < 1.29 is 18.3 Å². The normalized spacial score (nSPS) is 24.2. The van der Waals surface area contributed by atoms with Gasteiger partial charge >= 0.3 is 6.61 Å². The van der Waals surface area contributed by atoms with Crippen LogP contribution in [0.4, 0.5) is 8.78 Å². The van der Waals surface area contributed by atoms with Crippen LogP contribution in [0, 0.1) is 0 Å². The van der Waals surface area contributed by atoms with Crippen molar-refractivity contribution in [1.82, 2.24) is 5.32 Å². The van der Waals surface area contributed by atoms with Gasteiger partial charge in [0, 0.05) is 12.6 Å². The number of rotatable bonds is 4. The molecular weight excluding hydrogens is 240 g/mol. The van der Waals surface area contributed by atoms with E-state index in [4.69, 9.17) is 4.74 Å². The van der Waals surface area contributed by atoms with Crippen LogP contribution in [0.1, 0.15) is 25.0 Å². The Labute approximate surface area is 105 Å². The van der Waals surface area contributed by atoms with Gasteiger partial charge in [-0.25, -0.2) is 0 Å². The number of morpholine rings is 1. The highest BCUT2D eigenvalue weighted by molar-refractivity contribution is 5.30. The second-order valence-electron chi connectivity index (χ2n) is 4.29. The Bertz CT molecular complexity index is 379. The summed E-state index contributed by atoms with van der Waals surface area (Å²) in [6, 6.07) is 7.05. The molecule has 100 valence electrons. The molecule has 0 radical (unpaired) electrons. The summed E-state index contributed by atoms with van der Waals surface area (Å²) in [5.74, 6) is 0.170. The molecule has 0 aromatic heterocycles. The average Bonchev–Trinajstić information content (AvgIpc) is 2.38. The molecule has 2 unspecified atom stereocenters. The fourth-order valence-electron chi connectivity index (χ4n) is 1.99. The van der Waals surface area contributed by atoms with E-state index in [-0.39, 0.29) is 11.9 Å². The van der Waals surface area contributed by atoms with Gasteiger partial charge in [0.1, 0.15) is 5.75 Å². The van der Waals surface area contributed by atoms with Crippen molar-refractivity contribution in [2.75, 3.05) is 13.2 Å². The monoisotopic (exact) mass is 257 g/mol. The van der Waals surface area contributed by atoms with Crippen LogP contribution in [0.15, 0.2) is 24.3 Å². The zero-order chi connectivity index (χ0) is 13.0. The third-order valence-electron chi connectivity index (χ3n) is 3.04. The minimum atomic E-state index is -2.80. The van der Waals surface area contributed by atoms with E-state index in [9.17, 15) is 8.78 Å². The van der Waals surface area contributed by atoms with Gasteiger partial charge in [-0.15, -0.1) is 0 Å². The smallest absolute Gasteiger partial charge is 0.387 e. The fraction of sp³-hybridized carbons (Fsp3) is 0.538. The van der Waals surface area contributed by atoms with Crippen molar-refractivity contribution in [3.63, 3.8) is 0 Å². The summed E-state index contributed by atoms with van der Waals surface area (Å²) >= 11 is 0. The molecule has 0 aliphatic carbocycles. The van der Waals surface area contributed by atoms with Gasteiger partial charge in [0.2, 0.25) is 0 Å². The van der Waals surface area contributed by atoms with Crippen molar-refractivity contribution >= 4 is 0 Å². The van der Waals surface area contributed by atoms with E-state index in [1.807, 2.05) is 6.07 Å². The number of ether oxygens (including phenoxy) is 2. The molecule has 5 heteroatoms. The van der Waals surface area contributed by atoms with Gasteiger partial charge in [-0.1, -0.05) is 19.1 Å². The van der Waals surface area contributed by atoms with Gasteiger partial charge in [0.05, 0.1) is 12.7 Å². The van der Waals surface area contributed by atoms with Gasteiger partial charge in [0.25, 0.3) is 0 Å². The lowest BCUT2D eigenvalue weighted by Crippen LogP contribution is -2.42. The minimum absolute atomic E-state index is 0.103.